The minimum absolute atomic E-state index is 0.0328. The fourth-order valence-electron chi connectivity index (χ4n) is 2.94. The van der Waals surface area contributed by atoms with Gasteiger partial charge >= 0.3 is 18.4 Å². The number of hydrogen-bond donors (Lipinski definition) is 4. The Balaban J connectivity index is 2.08. The number of amides is 1. The van der Waals surface area contributed by atoms with Crippen molar-refractivity contribution in [1.29, 1.82) is 0 Å². The van der Waals surface area contributed by atoms with Crippen molar-refractivity contribution in [3.63, 3.8) is 0 Å². The van der Waals surface area contributed by atoms with E-state index in [0.717, 1.165) is 5.56 Å². The second-order valence-corrected chi connectivity index (χ2v) is 6.86. The molecular weight excluding hydrogens is 430 g/mol. The van der Waals surface area contributed by atoms with Crippen molar-refractivity contribution in [2.45, 2.75) is 37.5 Å². The number of carbonyl (C=O) groups is 1. The van der Waals surface area contributed by atoms with Crippen molar-refractivity contribution >= 4 is 6.09 Å². The van der Waals surface area contributed by atoms with Crippen LogP contribution in [-0.4, -0.2) is 35.0 Å². The van der Waals surface area contributed by atoms with Crippen LogP contribution in [0.1, 0.15) is 22.3 Å². The van der Waals surface area contributed by atoms with Crippen LogP contribution in [0, 0.1) is 0 Å². The Kier molecular flexibility index (Phi) is 7.91. The lowest BCUT2D eigenvalue weighted by molar-refractivity contribution is -0.143. The minimum atomic E-state index is -4.96. The van der Waals surface area contributed by atoms with Gasteiger partial charge in [0.15, 0.2) is 0 Å². The summed E-state index contributed by atoms with van der Waals surface area (Å²) in [6.45, 7) is -0.662. The predicted molar refractivity (Wildman–Crippen MR) is 99.3 cm³/mol. The molecule has 0 aliphatic rings. The minimum Gasteiger partial charge on any atom is -0.465 e. The van der Waals surface area contributed by atoms with Crippen molar-refractivity contribution in [3.05, 3.63) is 70.8 Å². The lowest BCUT2D eigenvalue weighted by Crippen LogP contribution is -2.48. The van der Waals surface area contributed by atoms with Gasteiger partial charge in [-0.25, -0.2) is 4.79 Å². The molecule has 4 N–H and O–H groups in total. The van der Waals surface area contributed by atoms with Gasteiger partial charge in [-0.2, -0.15) is 26.3 Å². The Morgan fingerprint density at radius 2 is 1.45 bits per heavy atom. The Bertz CT molecular complexity index is 839. The number of hydrogen-bond acceptors (Lipinski definition) is 3. The highest BCUT2D eigenvalue weighted by Gasteiger charge is 2.36. The molecule has 0 radical (unpaired) electrons. The molecule has 0 spiro atoms. The van der Waals surface area contributed by atoms with Gasteiger partial charge in [-0.3, -0.25) is 0 Å². The molecule has 0 bridgehead atoms. The van der Waals surface area contributed by atoms with Crippen LogP contribution >= 0.6 is 0 Å². The molecule has 11 heteroatoms. The zero-order valence-corrected chi connectivity index (χ0v) is 16.0. The van der Waals surface area contributed by atoms with E-state index in [-0.39, 0.29) is 24.6 Å². The number of carboxylic acid groups (broad SMARTS) is 1. The highest BCUT2D eigenvalue weighted by atomic mass is 19.4. The van der Waals surface area contributed by atoms with Gasteiger partial charge in [0, 0.05) is 13.1 Å². The van der Waals surface area contributed by atoms with Gasteiger partial charge in [0.25, 0.3) is 0 Å². The van der Waals surface area contributed by atoms with Crippen molar-refractivity contribution < 1.29 is 41.4 Å². The molecule has 0 aliphatic carbocycles. The lowest BCUT2D eigenvalue weighted by atomic mass is 10.0. The van der Waals surface area contributed by atoms with Gasteiger partial charge in [-0.1, -0.05) is 30.3 Å². The number of nitrogens with one attached hydrogen (secondary N) is 2. The van der Waals surface area contributed by atoms with E-state index in [9.17, 15) is 36.2 Å². The van der Waals surface area contributed by atoms with Crippen LogP contribution in [-0.2, 0) is 25.3 Å². The molecule has 0 saturated heterocycles. The molecule has 170 valence electrons. The van der Waals surface area contributed by atoms with E-state index in [1.807, 2.05) is 0 Å². The van der Waals surface area contributed by atoms with Crippen LogP contribution in [0.4, 0.5) is 31.1 Å². The SMILES string of the molecule is O=C(O)N[C@@H](Cc1ccccc1)[C@@H](O)CNCc1cc(C(F)(F)F)cc(C(F)(F)F)c1. The summed E-state index contributed by atoms with van der Waals surface area (Å²) in [5.41, 5.74) is -2.42. The van der Waals surface area contributed by atoms with E-state index < -0.39 is 48.3 Å². The first kappa shape index (κ1) is 24.5. The summed E-state index contributed by atoms with van der Waals surface area (Å²) in [6.07, 6.45) is -12.4. The average molecular weight is 450 g/mol. The molecule has 5 nitrogen and oxygen atoms in total. The largest absolute Gasteiger partial charge is 0.465 e. The van der Waals surface area contributed by atoms with Gasteiger partial charge in [0.1, 0.15) is 0 Å². The lowest BCUT2D eigenvalue weighted by Gasteiger charge is -2.23. The molecular formula is C20H20F6N2O3. The highest BCUT2D eigenvalue weighted by molar-refractivity contribution is 5.65. The molecule has 0 heterocycles. The molecule has 0 aliphatic heterocycles. The third-order valence-electron chi connectivity index (χ3n) is 4.40. The Hall–Kier alpha value is -2.79. The van der Waals surface area contributed by atoms with Gasteiger partial charge in [-0.15, -0.1) is 0 Å². The highest BCUT2D eigenvalue weighted by Crippen LogP contribution is 2.36. The second-order valence-electron chi connectivity index (χ2n) is 6.86. The smallest absolute Gasteiger partial charge is 0.416 e. The normalized spacial score (nSPS) is 14.2. The van der Waals surface area contributed by atoms with E-state index in [1.165, 1.54) is 0 Å². The number of alkyl halides is 6. The van der Waals surface area contributed by atoms with Crippen LogP contribution in [0.25, 0.3) is 0 Å². The molecule has 2 aromatic rings. The fourth-order valence-corrected chi connectivity index (χ4v) is 2.94. The zero-order chi connectivity index (χ0) is 23.2. The number of halogens is 6. The summed E-state index contributed by atoms with van der Waals surface area (Å²) >= 11 is 0. The first-order chi connectivity index (χ1) is 14.4. The van der Waals surface area contributed by atoms with Crippen molar-refractivity contribution in [3.8, 4) is 0 Å². The Morgan fingerprint density at radius 3 is 1.94 bits per heavy atom. The summed E-state index contributed by atoms with van der Waals surface area (Å²) in [5, 5.41) is 24.0. The molecule has 2 aromatic carbocycles. The molecule has 2 rings (SSSR count). The Labute approximate surface area is 173 Å². The third-order valence-corrected chi connectivity index (χ3v) is 4.40. The average Bonchev–Trinajstić information content (AvgIpc) is 2.66. The van der Waals surface area contributed by atoms with E-state index in [4.69, 9.17) is 5.11 Å². The van der Waals surface area contributed by atoms with Crippen LogP contribution in [0.5, 0.6) is 0 Å². The standard InChI is InChI=1S/C20H20F6N2O3/c21-19(22,23)14-6-13(7-15(9-14)20(24,25)26)10-27-11-17(29)16(28-18(30)31)8-12-4-2-1-3-5-12/h1-7,9,16-17,27-29H,8,10-11H2,(H,30,31)/t16-,17-/m0/s1. The van der Waals surface area contributed by atoms with E-state index in [1.54, 1.807) is 30.3 Å². The van der Waals surface area contributed by atoms with Crippen LogP contribution in [0.2, 0.25) is 0 Å². The number of aliphatic hydroxyl groups is 1. The molecule has 0 fully saturated rings. The summed E-state index contributed by atoms with van der Waals surface area (Å²) in [7, 11) is 0. The van der Waals surface area contributed by atoms with Crippen LogP contribution < -0.4 is 10.6 Å². The summed E-state index contributed by atoms with van der Waals surface area (Å²) in [6, 6.07) is 8.91. The van der Waals surface area contributed by atoms with Gasteiger partial charge in [0.05, 0.1) is 23.3 Å². The number of rotatable bonds is 8. The van der Waals surface area contributed by atoms with E-state index in [0.29, 0.717) is 12.1 Å². The van der Waals surface area contributed by atoms with Crippen LogP contribution in [0.3, 0.4) is 0 Å². The molecule has 31 heavy (non-hydrogen) atoms. The Morgan fingerprint density at radius 1 is 0.903 bits per heavy atom. The topological polar surface area (TPSA) is 81.6 Å². The van der Waals surface area contributed by atoms with Gasteiger partial charge < -0.3 is 20.8 Å². The van der Waals surface area contributed by atoms with Gasteiger partial charge in [0.2, 0.25) is 0 Å². The maximum Gasteiger partial charge on any atom is 0.416 e. The van der Waals surface area contributed by atoms with Crippen molar-refractivity contribution in [2.75, 3.05) is 6.54 Å². The zero-order valence-electron chi connectivity index (χ0n) is 16.0. The van der Waals surface area contributed by atoms with Crippen molar-refractivity contribution in [2.24, 2.45) is 0 Å². The first-order valence-electron chi connectivity index (χ1n) is 9.07. The molecule has 2 atom stereocenters. The third kappa shape index (κ3) is 7.76. The number of benzene rings is 2. The van der Waals surface area contributed by atoms with Crippen LogP contribution in [0.15, 0.2) is 48.5 Å². The van der Waals surface area contributed by atoms with Crippen molar-refractivity contribution in [1.82, 2.24) is 10.6 Å². The summed E-state index contributed by atoms with van der Waals surface area (Å²) < 4.78 is 77.6. The van der Waals surface area contributed by atoms with E-state index >= 15 is 0 Å². The quantitative estimate of drug-likeness (QED) is 0.458. The van der Waals surface area contributed by atoms with Gasteiger partial charge in [-0.05, 0) is 35.7 Å². The molecule has 0 aromatic heterocycles. The van der Waals surface area contributed by atoms with E-state index in [2.05, 4.69) is 10.6 Å². The number of aliphatic hydroxyl groups excluding tert-OH is 1. The monoisotopic (exact) mass is 450 g/mol. The summed E-state index contributed by atoms with van der Waals surface area (Å²) in [4.78, 5) is 11.0. The second kappa shape index (κ2) is 10.0. The maximum atomic E-state index is 12.9. The molecule has 0 unspecified atom stereocenters. The molecule has 0 saturated carbocycles. The predicted octanol–water partition coefficient (Wildman–Crippen LogP) is 4.05. The first-order valence-corrected chi connectivity index (χ1v) is 9.07. The molecule has 1 amide bonds. The maximum absolute atomic E-state index is 12.9. The fraction of sp³-hybridized carbons (Fsp3) is 0.350. The summed E-state index contributed by atoms with van der Waals surface area (Å²) in [5.74, 6) is 0.